The van der Waals surface area contributed by atoms with Gasteiger partial charge in [0.2, 0.25) is 6.41 Å². The van der Waals surface area contributed by atoms with Gasteiger partial charge < -0.3 is 19.5 Å². The molecule has 0 heterocycles. The minimum atomic E-state index is -0.371. The van der Waals surface area contributed by atoms with E-state index >= 15 is 0 Å². The number of hydrogen-bond acceptors (Lipinski definition) is 6. The van der Waals surface area contributed by atoms with E-state index in [0.29, 0.717) is 41.3 Å². The average molecular weight is 450 g/mol. The van der Waals surface area contributed by atoms with Crippen molar-refractivity contribution < 1.29 is 28.6 Å². The maximum absolute atomic E-state index is 11.9. The Labute approximate surface area is 193 Å². The highest BCUT2D eigenvalue weighted by Crippen LogP contribution is 2.24. The number of esters is 1. The lowest BCUT2D eigenvalue weighted by Crippen LogP contribution is -2.11. The van der Waals surface area contributed by atoms with Gasteiger partial charge in [-0.05, 0) is 55.8 Å². The standard InChI is InChI=1S/C17H16O4.C9H11NO2/c1-2-20-17(19)14-8-10-15(11-9-14)21-12-16(18)13-6-4-3-5-7-13;1-7-3-4-9(12-2)8(5-7)10-6-11/h3-11H,2,12H2,1H3;3-6H,1-2H3,(H,10,11). The number of nitrogens with one attached hydrogen (secondary N) is 1. The molecule has 3 aromatic rings. The van der Waals surface area contributed by atoms with Crippen molar-refractivity contribution in [3.8, 4) is 11.5 Å². The Morgan fingerprint density at radius 2 is 1.64 bits per heavy atom. The summed E-state index contributed by atoms with van der Waals surface area (Å²) < 4.78 is 15.3. The van der Waals surface area contributed by atoms with E-state index in [0.717, 1.165) is 5.56 Å². The van der Waals surface area contributed by atoms with Crippen molar-refractivity contribution >= 4 is 23.9 Å². The Kier molecular flexibility index (Phi) is 10.1. The topological polar surface area (TPSA) is 90.9 Å². The molecular formula is C26H27NO6. The highest BCUT2D eigenvalue weighted by Gasteiger charge is 2.08. The SMILES string of the molecule is CCOC(=O)c1ccc(OCC(=O)c2ccccc2)cc1.COc1ccc(C)cc1NC=O. The molecule has 0 spiro atoms. The number of rotatable bonds is 9. The molecule has 0 aliphatic carbocycles. The number of ketones is 1. The van der Waals surface area contributed by atoms with Crippen LogP contribution in [0, 0.1) is 6.92 Å². The van der Waals surface area contributed by atoms with Gasteiger partial charge in [0.25, 0.3) is 0 Å². The Morgan fingerprint density at radius 1 is 0.939 bits per heavy atom. The van der Waals surface area contributed by atoms with Crippen LogP contribution in [0.15, 0.2) is 72.8 Å². The molecule has 7 heteroatoms. The van der Waals surface area contributed by atoms with Crippen molar-refractivity contribution in [2.24, 2.45) is 0 Å². The lowest BCUT2D eigenvalue weighted by atomic mass is 10.1. The largest absolute Gasteiger partial charge is 0.495 e. The van der Waals surface area contributed by atoms with Crippen LogP contribution in [0.3, 0.4) is 0 Å². The molecule has 1 N–H and O–H groups in total. The van der Waals surface area contributed by atoms with E-state index in [-0.39, 0.29) is 18.4 Å². The summed E-state index contributed by atoms with van der Waals surface area (Å²) in [4.78, 5) is 33.6. The predicted molar refractivity (Wildman–Crippen MR) is 126 cm³/mol. The summed E-state index contributed by atoms with van der Waals surface area (Å²) in [5.74, 6) is 0.745. The van der Waals surface area contributed by atoms with Gasteiger partial charge in [0.05, 0.1) is 25.0 Å². The summed E-state index contributed by atoms with van der Waals surface area (Å²) >= 11 is 0. The molecular weight excluding hydrogens is 422 g/mol. The van der Waals surface area contributed by atoms with Gasteiger partial charge in [-0.2, -0.15) is 0 Å². The first kappa shape index (κ1) is 25.1. The van der Waals surface area contributed by atoms with Crippen molar-refractivity contribution in [3.63, 3.8) is 0 Å². The summed E-state index contributed by atoms with van der Waals surface area (Å²) in [6.45, 7) is 4.01. The van der Waals surface area contributed by atoms with E-state index < -0.39 is 0 Å². The molecule has 0 unspecified atom stereocenters. The summed E-state index contributed by atoms with van der Waals surface area (Å²) in [6.07, 6.45) is 0.636. The van der Waals surface area contributed by atoms with Gasteiger partial charge >= 0.3 is 5.97 Å². The van der Waals surface area contributed by atoms with Gasteiger partial charge in [-0.1, -0.05) is 36.4 Å². The number of amides is 1. The second-order valence-corrected chi connectivity index (χ2v) is 6.79. The first-order valence-corrected chi connectivity index (χ1v) is 10.3. The Balaban J connectivity index is 0.000000273. The van der Waals surface area contributed by atoms with E-state index in [2.05, 4.69) is 5.32 Å². The minimum Gasteiger partial charge on any atom is -0.495 e. The van der Waals surface area contributed by atoms with Crippen molar-refractivity contribution in [3.05, 3.63) is 89.5 Å². The maximum atomic E-state index is 11.9. The average Bonchev–Trinajstić information content (AvgIpc) is 2.84. The van der Waals surface area contributed by atoms with Crippen LogP contribution < -0.4 is 14.8 Å². The predicted octanol–water partition coefficient (Wildman–Crippen LogP) is 4.70. The van der Waals surface area contributed by atoms with Crippen LogP contribution in [0.25, 0.3) is 0 Å². The number of carbonyl (C=O) groups excluding carboxylic acids is 3. The minimum absolute atomic E-state index is 0.0389. The van der Waals surface area contributed by atoms with Crippen LogP contribution in [-0.2, 0) is 9.53 Å². The maximum Gasteiger partial charge on any atom is 0.338 e. The third-order valence-corrected chi connectivity index (χ3v) is 4.40. The second kappa shape index (κ2) is 13.3. The Hall–Kier alpha value is -4.13. The number of aryl methyl sites for hydroxylation is 1. The number of ether oxygens (including phenoxy) is 3. The fourth-order valence-corrected chi connectivity index (χ4v) is 2.76. The van der Waals surface area contributed by atoms with Crippen LogP contribution in [0.5, 0.6) is 11.5 Å². The lowest BCUT2D eigenvalue weighted by molar-refractivity contribution is -0.105. The molecule has 7 nitrogen and oxygen atoms in total. The van der Waals surface area contributed by atoms with Crippen LogP contribution in [0.2, 0.25) is 0 Å². The molecule has 3 aromatic carbocycles. The number of methoxy groups -OCH3 is 1. The van der Waals surface area contributed by atoms with Crippen molar-refractivity contribution in [2.75, 3.05) is 25.6 Å². The van der Waals surface area contributed by atoms with Gasteiger partial charge in [-0.15, -0.1) is 0 Å². The molecule has 0 bridgehead atoms. The number of carbonyl (C=O) groups is 3. The molecule has 3 rings (SSSR count). The van der Waals surface area contributed by atoms with Gasteiger partial charge in [0, 0.05) is 5.56 Å². The number of benzene rings is 3. The molecule has 172 valence electrons. The van der Waals surface area contributed by atoms with Crippen molar-refractivity contribution in [1.29, 1.82) is 0 Å². The van der Waals surface area contributed by atoms with E-state index in [9.17, 15) is 14.4 Å². The van der Waals surface area contributed by atoms with Crippen molar-refractivity contribution in [2.45, 2.75) is 13.8 Å². The summed E-state index contributed by atoms with van der Waals surface area (Å²) in [7, 11) is 1.57. The molecule has 33 heavy (non-hydrogen) atoms. The molecule has 0 saturated heterocycles. The summed E-state index contributed by atoms with van der Waals surface area (Å²) in [5, 5.41) is 2.56. The third-order valence-electron chi connectivity index (χ3n) is 4.40. The van der Waals surface area contributed by atoms with Crippen LogP contribution in [-0.4, -0.2) is 38.5 Å². The van der Waals surface area contributed by atoms with Crippen LogP contribution in [0.4, 0.5) is 5.69 Å². The fraction of sp³-hybridized carbons (Fsp3) is 0.192. The van der Waals surface area contributed by atoms with Gasteiger partial charge in [-0.25, -0.2) is 4.79 Å². The number of hydrogen-bond donors (Lipinski definition) is 1. The Morgan fingerprint density at radius 3 is 2.24 bits per heavy atom. The molecule has 0 aliphatic heterocycles. The third kappa shape index (κ3) is 8.14. The quantitative estimate of drug-likeness (QED) is 0.289. The molecule has 0 aliphatic rings. The first-order valence-electron chi connectivity index (χ1n) is 10.3. The van der Waals surface area contributed by atoms with Gasteiger partial charge in [0.15, 0.2) is 12.4 Å². The zero-order valence-corrected chi connectivity index (χ0v) is 18.9. The van der Waals surface area contributed by atoms with Crippen molar-refractivity contribution in [1.82, 2.24) is 0 Å². The molecule has 0 fully saturated rings. The summed E-state index contributed by atoms with van der Waals surface area (Å²) in [5.41, 5.74) is 2.85. The second-order valence-electron chi connectivity index (χ2n) is 6.79. The number of anilines is 1. The molecule has 0 aromatic heterocycles. The fourth-order valence-electron chi connectivity index (χ4n) is 2.76. The van der Waals surface area contributed by atoms with Gasteiger partial charge in [0.1, 0.15) is 11.5 Å². The monoisotopic (exact) mass is 449 g/mol. The van der Waals surface area contributed by atoms with E-state index in [1.807, 2.05) is 31.2 Å². The highest BCUT2D eigenvalue weighted by molar-refractivity contribution is 5.97. The molecule has 0 atom stereocenters. The van der Waals surface area contributed by atoms with E-state index in [1.165, 1.54) is 0 Å². The van der Waals surface area contributed by atoms with E-state index in [1.54, 1.807) is 62.6 Å². The van der Waals surface area contributed by atoms with E-state index in [4.69, 9.17) is 14.2 Å². The number of Topliss-reactive ketones (excluding diaryl/α,β-unsaturated/α-hetero) is 1. The summed E-state index contributed by atoms with van der Waals surface area (Å²) in [6, 6.07) is 21.1. The smallest absolute Gasteiger partial charge is 0.338 e. The molecule has 0 saturated carbocycles. The van der Waals surface area contributed by atoms with Gasteiger partial charge in [-0.3, -0.25) is 9.59 Å². The highest BCUT2D eigenvalue weighted by atomic mass is 16.5. The molecule has 0 radical (unpaired) electrons. The first-order chi connectivity index (χ1) is 16.0. The normalized spacial score (nSPS) is 9.67. The Bertz CT molecular complexity index is 1050. The zero-order chi connectivity index (χ0) is 24.1. The van der Waals surface area contributed by atoms with Crippen LogP contribution >= 0.6 is 0 Å². The zero-order valence-electron chi connectivity index (χ0n) is 18.9. The molecule has 1 amide bonds. The van der Waals surface area contributed by atoms with Crippen LogP contribution in [0.1, 0.15) is 33.2 Å². The lowest BCUT2D eigenvalue weighted by Gasteiger charge is -2.06.